The molecule has 4 atom stereocenters. The zero-order valence-electron chi connectivity index (χ0n) is 13.0. The summed E-state index contributed by atoms with van der Waals surface area (Å²) in [6, 6.07) is 8.56. The summed E-state index contributed by atoms with van der Waals surface area (Å²) in [7, 11) is 0. The Balaban J connectivity index is 1.77. The van der Waals surface area contributed by atoms with Crippen molar-refractivity contribution in [1.29, 1.82) is 0 Å². The van der Waals surface area contributed by atoms with Crippen LogP contribution in [-0.2, 0) is 4.79 Å². The molecule has 0 bridgehead atoms. The molecule has 1 aliphatic heterocycles. The molecule has 2 aliphatic rings. The maximum atomic E-state index is 11.7. The van der Waals surface area contributed by atoms with Crippen LogP contribution in [-0.4, -0.2) is 34.6 Å². The Morgan fingerprint density at radius 2 is 2.18 bits per heavy atom. The van der Waals surface area contributed by atoms with E-state index in [0.717, 1.165) is 17.4 Å². The molecule has 3 rings (SSSR count). The second kappa shape index (κ2) is 6.71. The average Bonchev–Trinajstić information content (AvgIpc) is 2.86. The van der Waals surface area contributed by atoms with Crippen molar-refractivity contribution < 1.29 is 9.90 Å². The van der Waals surface area contributed by atoms with Crippen molar-refractivity contribution in [3.8, 4) is 0 Å². The molecule has 1 aromatic carbocycles. The lowest BCUT2D eigenvalue weighted by molar-refractivity contribution is -0.142. The maximum absolute atomic E-state index is 11.7. The number of carboxylic acids is 1. The van der Waals surface area contributed by atoms with Gasteiger partial charge in [0.25, 0.3) is 0 Å². The van der Waals surface area contributed by atoms with Crippen LogP contribution in [0.25, 0.3) is 0 Å². The molecule has 3 nitrogen and oxygen atoms in total. The SMILES string of the molecule is CC(CN1C(C(=O)O)CC2CCCCC21)c1cccc(Br)c1. The van der Waals surface area contributed by atoms with Gasteiger partial charge in [0.15, 0.2) is 0 Å². The van der Waals surface area contributed by atoms with Gasteiger partial charge < -0.3 is 5.11 Å². The molecule has 1 aromatic rings. The molecule has 2 fully saturated rings. The third-order valence-corrected chi connectivity index (χ3v) is 5.90. The van der Waals surface area contributed by atoms with Crippen molar-refractivity contribution in [2.75, 3.05) is 6.54 Å². The Hall–Kier alpha value is -0.870. The van der Waals surface area contributed by atoms with Gasteiger partial charge >= 0.3 is 5.97 Å². The quantitative estimate of drug-likeness (QED) is 0.865. The molecule has 1 N–H and O–H groups in total. The highest BCUT2D eigenvalue weighted by atomic mass is 79.9. The summed E-state index contributed by atoms with van der Waals surface area (Å²) in [5, 5.41) is 9.61. The summed E-state index contributed by atoms with van der Waals surface area (Å²) >= 11 is 3.53. The Kier molecular flexibility index (Phi) is 4.88. The van der Waals surface area contributed by atoms with Crippen LogP contribution in [0.4, 0.5) is 0 Å². The van der Waals surface area contributed by atoms with Crippen molar-refractivity contribution in [2.24, 2.45) is 5.92 Å². The van der Waals surface area contributed by atoms with Crippen LogP contribution in [0, 0.1) is 5.92 Å². The number of nitrogens with zero attached hydrogens (tertiary/aromatic N) is 1. The first-order chi connectivity index (χ1) is 10.6. The number of likely N-dealkylation sites (tertiary alicyclic amines) is 1. The van der Waals surface area contributed by atoms with Crippen molar-refractivity contribution in [3.05, 3.63) is 34.3 Å². The average molecular weight is 366 g/mol. The number of halogens is 1. The van der Waals surface area contributed by atoms with Gasteiger partial charge in [0, 0.05) is 17.1 Å². The van der Waals surface area contributed by atoms with Crippen LogP contribution < -0.4 is 0 Å². The number of hydrogen-bond donors (Lipinski definition) is 1. The molecular weight excluding hydrogens is 342 g/mol. The second-order valence-electron chi connectivity index (χ2n) is 6.85. The van der Waals surface area contributed by atoms with E-state index in [4.69, 9.17) is 0 Å². The lowest BCUT2D eigenvalue weighted by atomic mass is 9.84. The fraction of sp³-hybridized carbons (Fsp3) is 0.611. The van der Waals surface area contributed by atoms with Crippen LogP contribution in [0.3, 0.4) is 0 Å². The Morgan fingerprint density at radius 1 is 1.41 bits per heavy atom. The summed E-state index contributed by atoms with van der Waals surface area (Å²) in [5.41, 5.74) is 1.28. The van der Waals surface area contributed by atoms with Crippen LogP contribution in [0.15, 0.2) is 28.7 Å². The van der Waals surface area contributed by atoms with E-state index >= 15 is 0 Å². The molecule has 1 saturated carbocycles. The molecule has 4 unspecified atom stereocenters. The lowest BCUT2D eigenvalue weighted by Gasteiger charge is -2.34. The fourth-order valence-corrected chi connectivity index (χ4v) is 4.71. The highest BCUT2D eigenvalue weighted by molar-refractivity contribution is 9.10. The fourth-order valence-electron chi connectivity index (χ4n) is 4.29. The minimum absolute atomic E-state index is 0.289. The van der Waals surface area contributed by atoms with Gasteiger partial charge in [0.1, 0.15) is 6.04 Å². The van der Waals surface area contributed by atoms with Gasteiger partial charge in [-0.05, 0) is 48.8 Å². The first kappa shape index (κ1) is 16.0. The highest BCUT2D eigenvalue weighted by Crippen LogP contribution is 2.40. The van der Waals surface area contributed by atoms with E-state index < -0.39 is 5.97 Å². The number of aliphatic carboxylic acids is 1. The third kappa shape index (κ3) is 3.23. The third-order valence-electron chi connectivity index (χ3n) is 5.41. The molecule has 22 heavy (non-hydrogen) atoms. The van der Waals surface area contributed by atoms with Crippen molar-refractivity contribution >= 4 is 21.9 Å². The van der Waals surface area contributed by atoms with Crippen molar-refractivity contribution in [1.82, 2.24) is 4.90 Å². The number of rotatable bonds is 4. The van der Waals surface area contributed by atoms with Gasteiger partial charge in [-0.25, -0.2) is 0 Å². The van der Waals surface area contributed by atoms with Crippen LogP contribution in [0.5, 0.6) is 0 Å². The standard InChI is InChI=1S/C18H24BrNO2/c1-12(13-6-4-7-15(19)9-13)11-20-16-8-3-2-5-14(16)10-17(20)18(21)22/h4,6-7,9,12,14,16-17H,2-3,5,8,10-11H2,1H3,(H,21,22). The lowest BCUT2D eigenvalue weighted by Crippen LogP contribution is -2.44. The number of carboxylic acid groups (broad SMARTS) is 1. The van der Waals surface area contributed by atoms with Gasteiger partial charge in [-0.3, -0.25) is 9.69 Å². The predicted molar refractivity (Wildman–Crippen MR) is 91.0 cm³/mol. The number of benzene rings is 1. The van der Waals surface area contributed by atoms with Gasteiger partial charge in [-0.15, -0.1) is 0 Å². The van der Waals surface area contributed by atoms with E-state index in [9.17, 15) is 9.90 Å². The van der Waals surface area contributed by atoms with Gasteiger partial charge in [0.2, 0.25) is 0 Å². The number of fused-ring (bicyclic) bond motifs is 1. The molecular formula is C18H24BrNO2. The number of hydrogen-bond acceptors (Lipinski definition) is 2. The molecule has 0 amide bonds. The van der Waals surface area contributed by atoms with E-state index in [0.29, 0.717) is 17.9 Å². The first-order valence-corrected chi connectivity index (χ1v) is 9.09. The minimum atomic E-state index is -0.643. The zero-order valence-corrected chi connectivity index (χ0v) is 14.6. The normalized spacial score (nSPS) is 30.0. The maximum Gasteiger partial charge on any atom is 0.320 e. The Bertz CT molecular complexity index is 548. The molecule has 120 valence electrons. The molecule has 1 saturated heterocycles. The Morgan fingerprint density at radius 3 is 2.91 bits per heavy atom. The van der Waals surface area contributed by atoms with Gasteiger partial charge in [-0.1, -0.05) is 47.8 Å². The summed E-state index contributed by atoms with van der Waals surface area (Å²) in [6.45, 7) is 3.05. The van der Waals surface area contributed by atoms with Crippen molar-refractivity contribution in [2.45, 2.75) is 57.0 Å². The molecule has 4 heteroatoms. The topological polar surface area (TPSA) is 40.5 Å². The highest BCUT2D eigenvalue weighted by Gasteiger charge is 2.45. The summed E-state index contributed by atoms with van der Waals surface area (Å²) in [5.74, 6) is 0.292. The van der Waals surface area contributed by atoms with Crippen molar-refractivity contribution in [3.63, 3.8) is 0 Å². The monoisotopic (exact) mass is 365 g/mol. The molecule has 1 heterocycles. The van der Waals surface area contributed by atoms with Crippen LogP contribution >= 0.6 is 15.9 Å². The predicted octanol–water partition coefficient (Wildman–Crippen LogP) is 4.27. The van der Waals surface area contributed by atoms with E-state index in [1.165, 1.54) is 31.2 Å². The van der Waals surface area contributed by atoms with Gasteiger partial charge in [0.05, 0.1) is 0 Å². The Labute approximate surface area is 140 Å². The second-order valence-corrected chi connectivity index (χ2v) is 7.77. The molecule has 0 spiro atoms. The molecule has 0 aromatic heterocycles. The van der Waals surface area contributed by atoms with Crippen LogP contribution in [0.2, 0.25) is 0 Å². The summed E-state index contributed by atoms with van der Waals surface area (Å²) < 4.78 is 1.09. The smallest absolute Gasteiger partial charge is 0.320 e. The largest absolute Gasteiger partial charge is 0.480 e. The van der Waals surface area contributed by atoms with Gasteiger partial charge in [-0.2, -0.15) is 0 Å². The van der Waals surface area contributed by atoms with E-state index in [2.05, 4.69) is 46.0 Å². The summed E-state index contributed by atoms with van der Waals surface area (Å²) in [4.78, 5) is 14.0. The van der Waals surface area contributed by atoms with E-state index in [1.807, 2.05) is 6.07 Å². The summed E-state index contributed by atoms with van der Waals surface area (Å²) in [6.07, 6.45) is 5.72. The molecule has 0 radical (unpaired) electrons. The zero-order chi connectivity index (χ0) is 15.7. The van der Waals surface area contributed by atoms with E-state index in [-0.39, 0.29) is 6.04 Å². The molecule has 1 aliphatic carbocycles. The van der Waals surface area contributed by atoms with E-state index in [1.54, 1.807) is 0 Å². The minimum Gasteiger partial charge on any atom is -0.480 e. The van der Waals surface area contributed by atoms with Crippen LogP contribution in [0.1, 0.15) is 50.5 Å². The number of carbonyl (C=O) groups is 1. The first-order valence-electron chi connectivity index (χ1n) is 8.30.